The molecule has 2 aromatic rings. The second-order valence-electron chi connectivity index (χ2n) is 14.2. The summed E-state index contributed by atoms with van der Waals surface area (Å²) in [6.45, 7) is 8.90. The first kappa shape index (κ1) is 43.3. The van der Waals surface area contributed by atoms with Crippen LogP contribution in [-0.2, 0) is 45.2 Å². The quantitative estimate of drug-likeness (QED) is 0.0940. The number of carbonyl (C=O) groups excluding carboxylic acids is 5. The maximum absolute atomic E-state index is 14.2. The first-order valence-electron chi connectivity index (χ1n) is 18.7. The SMILES string of the molecule is CC[C@H](C)[C@H](O[Si](CC)(CC)CC)C(=O)N[C@H]1Cc2ccc(OCOC)c(c2)-c2cccc3c2NC(=O)[C@@]3(O)[C@H](O)[C@@H](CO)NC(=O)[C@H](CC(N)=O)NC1=O. The van der Waals surface area contributed by atoms with Crippen LogP contribution in [0, 0.1) is 5.92 Å². The van der Waals surface area contributed by atoms with Gasteiger partial charge in [-0.05, 0) is 41.7 Å². The van der Waals surface area contributed by atoms with Gasteiger partial charge >= 0.3 is 0 Å². The highest BCUT2D eigenvalue weighted by Gasteiger charge is 2.54. The van der Waals surface area contributed by atoms with E-state index in [1.54, 1.807) is 30.3 Å². The molecule has 0 fully saturated rings. The molecule has 0 spiro atoms. The number of aliphatic hydroxyl groups is 3. The van der Waals surface area contributed by atoms with E-state index >= 15 is 0 Å². The minimum Gasteiger partial charge on any atom is -0.467 e. The molecule has 7 atom stereocenters. The molecule has 6 bridgehead atoms. The van der Waals surface area contributed by atoms with Crippen molar-refractivity contribution in [2.45, 2.75) is 108 Å². The molecule has 16 nitrogen and oxygen atoms in total. The molecule has 2 aliphatic heterocycles. The topological polar surface area (TPSA) is 248 Å². The van der Waals surface area contributed by atoms with E-state index in [0.717, 1.165) is 18.1 Å². The van der Waals surface area contributed by atoms with Crippen molar-refractivity contribution < 1.29 is 53.2 Å². The Kier molecular flexibility index (Phi) is 14.6. The molecule has 9 N–H and O–H groups in total. The lowest BCUT2D eigenvalue weighted by Crippen LogP contribution is -2.62. The van der Waals surface area contributed by atoms with Crippen molar-refractivity contribution in [3.8, 4) is 16.9 Å². The van der Waals surface area contributed by atoms with Crippen LogP contribution in [0.1, 0.15) is 58.6 Å². The Labute approximate surface area is 322 Å². The van der Waals surface area contributed by atoms with Gasteiger partial charge in [0.05, 0.1) is 24.8 Å². The highest BCUT2D eigenvalue weighted by atomic mass is 28.4. The van der Waals surface area contributed by atoms with Gasteiger partial charge in [0.1, 0.15) is 30.0 Å². The van der Waals surface area contributed by atoms with Crippen molar-refractivity contribution in [1.82, 2.24) is 16.0 Å². The second-order valence-corrected chi connectivity index (χ2v) is 19.0. The van der Waals surface area contributed by atoms with E-state index in [4.69, 9.17) is 19.6 Å². The van der Waals surface area contributed by atoms with Gasteiger partial charge < -0.3 is 56.2 Å². The van der Waals surface area contributed by atoms with Crippen LogP contribution in [-0.4, -0.2) is 104 Å². The van der Waals surface area contributed by atoms with Gasteiger partial charge in [0.15, 0.2) is 20.7 Å². The smallest absolute Gasteiger partial charge is 0.263 e. The molecular weight excluding hydrogens is 731 g/mol. The fourth-order valence-electron chi connectivity index (χ4n) is 7.11. The minimum atomic E-state index is -2.66. The highest BCUT2D eigenvalue weighted by molar-refractivity contribution is 6.73. The molecule has 2 aliphatic rings. The average molecular weight is 786 g/mol. The summed E-state index contributed by atoms with van der Waals surface area (Å²) in [4.78, 5) is 67.9. The predicted octanol–water partition coefficient (Wildman–Crippen LogP) is 1.15. The number of hydrogen-bond acceptors (Lipinski definition) is 11. The first-order valence-corrected chi connectivity index (χ1v) is 21.2. The third-order valence-electron chi connectivity index (χ3n) is 10.9. The molecule has 5 amide bonds. The van der Waals surface area contributed by atoms with Crippen molar-refractivity contribution in [3.05, 3.63) is 47.5 Å². The number of rotatable bonds is 15. The van der Waals surface area contributed by atoms with Crippen LogP contribution >= 0.6 is 0 Å². The van der Waals surface area contributed by atoms with Crippen LogP contribution in [0.2, 0.25) is 18.1 Å². The summed E-state index contributed by atoms with van der Waals surface area (Å²) < 4.78 is 17.7. The molecule has 0 saturated carbocycles. The normalized spacial score (nSPS) is 23.9. The van der Waals surface area contributed by atoms with Crippen molar-refractivity contribution in [1.29, 1.82) is 0 Å². The van der Waals surface area contributed by atoms with Crippen LogP contribution in [0.15, 0.2) is 36.4 Å². The molecular formula is C38H55N5O11Si. The summed E-state index contributed by atoms with van der Waals surface area (Å²) in [6, 6.07) is 7.36. The molecule has 17 heteroatoms. The number of nitrogens with two attached hydrogens (primary N) is 1. The van der Waals surface area contributed by atoms with E-state index in [2.05, 4.69) is 42.0 Å². The fourth-order valence-corrected chi connectivity index (χ4v) is 9.99. The Bertz CT molecular complexity index is 1730. The Morgan fingerprint density at radius 2 is 1.73 bits per heavy atom. The van der Waals surface area contributed by atoms with Crippen LogP contribution in [0.3, 0.4) is 0 Å². The molecule has 0 saturated heterocycles. The Morgan fingerprint density at radius 3 is 2.33 bits per heavy atom. The monoisotopic (exact) mass is 785 g/mol. The summed E-state index contributed by atoms with van der Waals surface area (Å²) in [7, 11) is -0.873. The van der Waals surface area contributed by atoms with Crippen LogP contribution in [0.5, 0.6) is 5.75 Å². The summed E-state index contributed by atoms with van der Waals surface area (Å²) in [5.74, 6) is -4.30. The first-order chi connectivity index (χ1) is 26.1. The maximum atomic E-state index is 14.2. The Morgan fingerprint density at radius 1 is 1.04 bits per heavy atom. The van der Waals surface area contributed by atoms with Gasteiger partial charge in [0.2, 0.25) is 23.6 Å². The predicted molar refractivity (Wildman–Crippen MR) is 205 cm³/mol. The number of hydrogen-bond donors (Lipinski definition) is 8. The van der Waals surface area contributed by atoms with Crippen LogP contribution in [0.25, 0.3) is 11.1 Å². The number of para-hydroxylation sites is 1. The zero-order valence-electron chi connectivity index (χ0n) is 32.3. The molecule has 0 radical (unpaired) electrons. The number of aliphatic hydroxyl groups excluding tert-OH is 2. The van der Waals surface area contributed by atoms with Crippen molar-refractivity contribution >= 4 is 43.5 Å². The van der Waals surface area contributed by atoms with Gasteiger partial charge in [-0.2, -0.15) is 0 Å². The second kappa shape index (κ2) is 18.5. The van der Waals surface area contributed by atoms with E-state index in [-0.39, 0.29) is 30.4 Å². The number of nitrogens with one attached hydrogen (secondary N) is 4. The lowest BCUT2D eigenvalue weighted by Gasteiger charge is -2.36. The molecule has 2 heterocycles. The molecule has 55 heavy (non-hydrogen) atoms. The number of anilines is 1. The third kappa shape index (κ3) is 9.19. The van der Waals surface area contributed by atoms with Crippen molar-refractivity contribution in [2.75, 3.05) is 25.8 Å². The molecule has 2 aromatic carbocycles. The Balaban J connectivity index is 1.92. The standard InChI is InChI=1S/C38H55N5O11Si/c1-7-21(5)32(54-55(8-2,9-3)10-4)36(49)41-26-17-22-14-15-29(53-20-52-6)24(16-22)23-12-11-13-25-31(23)43-37(50)38(25,51)33(46)28(19-44)42-35(48)27(18-30(39)45)40-34(26)47/h11-16,21,26-28,32-33,44,46,51H,7-10,17-20H2,1-6H3,(H2,39,45)(H,40,47)(H,41,49)(H,42,48)(H,43,50)/t21-,26-,27-,28+,32-,33+,38-/m0/s1. The van der Waals surface area contributed by atoms with Gasteiger partial charge in [0.25, 0.3) is 5.91 Å². The van der Waals surface area contributed by atoms with Crippen molar-refractivity contribution in [3.63, 3.8) is 0 Å². The van der Waals surface area contributed by atoms with Gasteiger partial charge in [0, 0.05) is 30.2 Å². The maximum Gasteiger partial charge on any atom is 0.263 e. The number of ether oxygens (including phenoxy) is 2. The van der Waals surface area contributed by atoms with Crippen LogP contribution in [0.4, 0.5) is 5.69 Å². The zero-order valence-corrected chi connectivity index (χ0v) is 33.3. The van der Waals surface area contributed by atoms with E-state index in [1.807, 2.05) is 13.8 Å². The average Bonchev–Trinajstić information content (AvgIpc) is 3.44. The van der Waals surface area contributed by atoms with Gasteiger partial charge in [-0.25, -0.2) is 0 Å². The fraction of sp³-hybridized carbons (Fsp3) is 0.553. The zero-order chi connectivity index (χ0) is 40.7. The highest BCUT2D eigenvalue weighted by Crippen LogP contribution is 2.46. The Hall–Kier alpha value is -4.39. The van der Waals surface area contributed by atoms with E-state index in [0.29, 0.717) is 28.9 Å². The number of amides is 5. The molecule has 302 valence electrons. The number of benzene rings is 2. The third-order valence-corrected chi connectivity index (χ3v) is 15.5. The number of carbonyl (C=O) groups is 5. The number of fused-ring (bicyclic) bond motifs is 3. The van der Waals surface area contributed by atoms with E-state index < -0.39 is 86.8 Å². The summed E-state index contributed by atoms with van der Waals surface area (Å²) in [6.07, 6.45) is -3.20. The number of methoxy groups -OCH3 is 1. The lowest BCUT2D eigenvalue weighted by atomic mass is 9.84. The van der Waals surface area contributed by atoms with Crippen molar-refractivity contribution in [2.24, 2.45) is 11.7 Å². The van der Waals surface area contributed by atoms with Gasteiger partial charge in [-0.15, -0.1) is 0 Å². The molecule has 4 rings (SSSR count). The summed E-state index contributed by atoms with van der Waals surface area (Å²) in [5.41, 5.74) is 4.20. The largest absolute Gasteiger partial charge is 0.467 e. The lowest BCUT2D eigenvalue weighted by molar-refractivity contribution is -0.153. The van der Waals surface area contributed by atoms with Gasteiger partial charge in [-0.1, -0.05) is 65.3 Å². The molecule has 0 aliphatic carbocycles. The van der Waals surface area contributed by atoms with E-state index in [9.17, 15) is 39.3 Å². The molecule has 0 aromatic heterocycles. The van der Waals surface area contributed by atoms with Gasteiger partial charge in [-0.3, -0.25) is 24.0 Å². The molecule has 0 unspecified atom stereocenters. The summed E-state index contributed by atoms with van der Waals surface area (Å²) in [5, 5.41) is 44.1. The van der Waals surface area contributed by atoms with Crippen LogP contribution < -0.4 is 31.7 Å². The number of primary amides is 1. The van der Waals surface area contributed by atoms with E-state index in [1.165, 1.54) is 13.2 Å². The summed E-state index contributed by atoms with van der Waals surface area (Å²) >= 11 is 0. The minimum absolute atomic E-state index is 0.0422.